The second kappa shape index (κ2) is 8.53. The molecule has 0 saturated heterocycles. The van der Waals surface area contributed by atoms with Gasteiger partial charge in [0.2, 0.25) is 10.0 Å². The molecule has 10 heteroatoms. The fourth-order valence-corrected chi connectivity index (χ4v) is 2.81. The second-order valence-corrected chi connectivity index (χ2v) is 6.68. The third-order valence-corrected chi connectivity index (χ3v) is 3.88. The molecule has 1 aromatic rings. The summed E-state index contributed by atoms with van der Waals surface area (Å²) in [6, 6.07) is 2.18. The zero-order valence-corrected chi connectivity index (χ0v) is 14.2. The molecule has 0 aliphatic rings. The number of halogens is 2. The van der Waals surface area contributed by atoms with Gasteiger partial charge in [0.25, 0.3) is 5.91 Å². The van der Waals surface area contributed by atoms with Crippen LogP contribution in [0.4, 0.5) is 4.39 Å². The SMILES string of the molecule is COCOCCCNC(=O)c1cc(Br)cc(S(N)(=O)=O)c1F. The minimum absolute atomic E-state index is 0.145. The molecule has 1 rings (SSSR count). The van der Waals surface area contributed by atoms with Crippen molar-refractivity contribution in [3.63, 3.8) is 0 Å². The molecule has 0 aliphatic heterocycles. The maximum absolute atomic E-state index is 14.1. The van der Waals surface area contributed by atoms with Crippen LogP contribution < -0.4 is 10.5 Å². The molecule has 7 nitrogen and oxygen atoms in total. The van der Waals surface area contributed by atoms with Crippen LogP contribution in [0.5, 0.6) is 0 Å². The number of ether oxygens (including phenoxy) is 2. The quantitative estimate of drug-likeness (QED) is 0.501. The van der Waals surface area contributed by atoms with Crippen molar-refractivity contribution in [3.05, 3.63) is 28.0 Å². The average Bonchev–Trinajstić information content (AvgIpc) is 2.43. The molecule has 0 heterocycles. The first-order chi connectivity index (χ1) is 10.3. The van der Waals surface area contributed by atoms with Crippen LogP contribution in [0.25, 0.3) is 0 Å². The number of hydrogen-bond acceptors (Lipinski definition) is 5. The van der Waals surface area contributed by atoms with E-state index >= 15 is 0 Å². The molecule has 0 unspecified atom stereocenters. The number of methoxy groups -OCH3 is 1. The van der Waals surface area contributed by atoms with Crippen molar-refractivity contribution in [2.45, 2.75) is 11.3 Å². The lowest BCUT2D eigenvalue weighted by atomic mass is 10.2. The van der Waals surface area contributed by atoms with E-state index in [2.05, 4.69) is 26.0 Å². The lowest BCUT2D eigenvalue weighted by Gasteiger charge is -2.09. The van der Waals surface area contributed by atoms with Gasteiger partial charge in [0.1, 0.15) is 11.7 Å². The van der Waals surface area contributed by atoms with Crippen LogP contribution in [0.2, 0.25) is 0 Å². The highest BCUT2D eigenvalue weighted by atomic mass is 79.9. The number of benzene rings is 1. The number of rotatable bonds is 8. The summed E-state index contributed by atoms with van der Waals surface area (Å²) in [5, 5.41) is 7.38. The van der Waals surface area contributed by atoms with E-state index in [1.807, 2.05) is 0 Å². The summed E-state index contributed by atoms with van der Waals surface area (Å²) < 4.78 is 46.6. The Balaban J connectivity index is 2.76. The molecule has 0 saturated carbocycles. The third kappa shape index (κ3) is 5.61. The summed E-state index contributed by atoms with van der Waals surface area (Å²) in [5.41, 5.74) is -0.406. The molecule has 0 fully saturated rings. The van der Waals surface area contributed by atoms with Crippen molar-refractivity contribution >= 4 is 31.9 Å². The van der Waals surface area contributed by atoms with E-state index in [0.717, 1.165) is 6.07 Å². The Labute approximate surface area is 136 Å². The van der Waals surface area contributed by atoms with Crippen molar-refractivity contribution in [1.29, 1.82) is 0 Å². The maximum Gasteiger partial charge on any atom is 0.254 e. The highest BCUT2D eigenvalue weighted by Gasteiger charge is 2.22. The Kier molecular flexibility index (Phi) is 7.36. The topological polar surface area (TPSA) is 108 Å². The summed E-state index contributed by atoms with van der Waals surface area (Å²) in [4.78, 5) is 11.2. The van der Waals surface area contributed by atoms with Crippen LogP contribution in [0.3, 0.4) is 0 Å². The lowest BCUT2D eigenvalue weighted by molar-refractivity contribution is -0.0308. The summed E-state index contributed by atoms with van der Waals surface area (Å²) in [5.74, 6) is -1.92. The van der Waals surface area contributed by atoms with E-state index in [0.29, 0.717) is 13.0 Å². The van der Waals surface area contributed by atoms with Gasteiger partial charge in [0.15, 0.2) is 5.82 Å². The van der Waals surface area contributed by atoms with Crippen LogP contribution in [0, 0.1) is 5.82 Å². The number of nitrogens with one attached hydrogen (secondary N) is 1. The zero-order valence-electron chi connectivity index (χ0n) is 11.8. The smallest absolute Gasteiger partial charge is 0.254 e. The molecule has 22 heavy (non-hydrogen) atoms. The molecule has 0 radical (unpaired) electrons. The Morgan fingerprint density at radius 1 is 1.45 bits per heavy atom. The van der Waals surface area contributed by atoms with Gasteiger partial charge >= 0.3 is 0 Å². The van der Waals surface area contributed by atoms with Gasteiger partial charge in [-0.15, -0.1) is 0 Å². The van der Waals surface area contributed by atoms with Gasteiger partial charge in [-0.3, -0.25) is 4.79 Å². The summed E-state index contributed by atoms with van der Waals surface area (Å²) in [7, 11) is -2.78. The largest absolute Gasteiger partial charge is 0.359 e. The van der Waals surface area contributed by atoms with E-state index in [1.54, 1.807) is 0 Å². The van der Waals surface area contributed by atoms with Gasteiger partial charge < -0.3 is 14.8 Å². The monoisotopic (exact) mass is 398 g/mol. The molecule has 1 aromatic carbocycles. The van der Waals surface area contributed by atoms with Crippen molar-refractivity contribution in [2.75, 3.05) is 27.1 Å². The van der Waals surface area contributed by atoms with Crippen molar-refractivity contribution in [3.8, 4) is 0 Å². The van der Waals surface area contributed by atoms with E-state index in [-0.39, 0.29) is 17.8 Å². The number of nitrogens with two attached hydrogens (primary N) is 1. The molecule has 124 valence electrons. The first-order valence-corrected chi connectivity index (χ1v) is 8.48. The predicted octanol–water partition coefficient (Wildman–Crippen LogP) is 0.976. The Morgan fingerprint density at radius 2 is 2.14 bits per heavy atom. The first-order valence-electron chi connectivity index (χ1n) is 6.14. The predicted molar refractivity (Wildman–Crippen MR) is 80.3 cm³/mol. The van der Waals surface area contributed by atoms with Crippen LogP contribution in [-0.2, 0) is 19.5 Å². The Hall–Kier alpha value is -1.07. The standard InChI is InChI=1S/C12H16BrFN2O5S/c1-20-7-21-4-2-3-16-12(17)9-5-8(13)6-10(11(9)14)22(15,18)19/h5-6H,2-4,7H2,1H3,(H,16,17)(H2,15,18,19). The summed E-state index contributed by atoms with van der Waals surface area (Å²) in [6.07, 6.45) is 0.493. The molecule has 1 amide bonds. The summed E-state index contributed by atoms with van der Waals surface area (Å²) in [6.45, 7) is 0.739. The Morgan fingerprint density at radius 3 is 2.73 bits per heavy atom. The first kappa shape index (κ1) is 19.0. The van der Waals surface area contributed by atoms with Crippen molar-refractivity contribution < 1.29 is 27.1 Å². The van der Waals surface area contributed by atoms with Crippen molar-refractivity contribution in [2.24, 2.45) is 5.14 Å². The molecule has 0 spiro atoms. The number of carbonyl (C=O) groups is 1. The Bertz CT molecular complexity index is 639. The fraction of sp³-hybridized carbons (Fsp3) is 0.417. The second-order valence-electron chi connectivity index (χ2n) is 4.23. The number of amides is 1. The summed E-state index contributed by atoms with van der Waals surface area (Å²) >= 11 is 3.02. The van der Waals surface area contributed by atoms with Crippen LogP contribution in [-0.4, -0.2) is 41.4 Å². The lowest BCUT2D eigenvalue weighted by Crippen LogP contribution is -2.27. The van der Waals surface area contributed by atoms with Gasteiger partial charge in [-0.25, -0.2) is 17.9 Å². The highest BCUT2D eigenvalue weighted by Crippen LogP contribution is 2.23. The number of hydrogen-bond donors (Lipinski definition) is 2. The molecular formula is C12H16BrFN2O5S. The number of primary sulfonamides is 1. The van der Waals surface area contributed by atoms with E-state index in [4.69, 9.17) is 9.88 Å². The fourth-order valence-electron chi connectivity index (χ4n) is 1.55. The van der Waals surface area contributed by atoms with E-state index in [1.165, 1.54) is 13.2 Å². The molecule has 3 N–H and O–H groups in total. The molecule has 0 bridgehead atoms. The van der Waals surface area contributed by atoms with E-state index in [9.17, 15) is 17.6 Å². The molecule has 0 aromatic heterocycles. The zero-order chi connectivity index (χ0) is 16.8. The number of carbonyl (C=O) groups excluding carboxylic acids is 1. The van der Waals surface area contributed by atoms with Gasteiger partial charge in [0.05, 0.1) is 12.2 Å². The third-order valence-electron chi connectivity index (χ3n) is 2.51. The van der Waals surface area contributed by atoms with Gasteiger partial charge in [-0.2, -0.15) is 0 Å². The van der Waals surface area contributed by atoms with Crippen LogP contribution in [0.15, 0.2) is 21.5 Å². The van der Waals surface area contributed by atoms with Crippen LogP contribution in [0.1, 0.15) is 16.8 Å². The minimum atomic E-state index is -4.27. The van der Waals surface area contributed by atoms with Gasteiger partial charge in [0, 0.05) is 18.1 Å². The maximum atomic E-state index is 14.1. The molecular weight excluding hydrogens is 383 g/mol. The molecule has 0 aliphatic carbocycles. The minimum Gasteiger partial charge on any atom is -0.359 e. The van der Waals surface area contributed by atoms with E-state index < -0.39 is 32.2 Å². The van der Waals surface area contributed by atoms with Gasteiger partial charge in [-0.05, 0) is 18.6 Å². The number of sulfonamides is 1. The molecule has 0 atom stereocenters. The van der Waals surface area contributed by atoms with Gasteiger partial charge in [-0.1, -0.05) is 15.9 Å². The highest BCUT2D eigenvalue weighted by molar-refractivity contribution is 9.10. The average molecular weight is 399 g/mol. The van der Waals surface area contributed by atoms with Crippen LogP contribution >= 0.6 is 15.9 Å². The normalized spacial score (nSPS) is 11.5. The van der Waals surface area contributed by atoms with Crippen molar-refractivity contribution in [1.82, 2.24) is 5.32 Å².